The molecule has 0 aliphatic rings. The van der Waals surface area contributed by atoms with Crippen molar-refractivity contribution < 1.29 is 28.5 Å². The molecule has 144 valence electrons. The zero-order valence-corrected chi connectivity index (χ0v) is 16.2. The molecule has 0 saturated carbocycles. The summed E-state index contributed by atoms with van der Waals surface area (Å²) in [6.45, 7) is 2.05. The van der Waals surface area contributed by atoms with E-state index < -0.39 is 5.97 Å². The number of carbonyl (C=O) groups is 1. The summed E-state index contributed by atoms with van der Waals surface area (Å²) in [6.07, 6.45) is 1.44. The van der Waals surface area contributed by atoms with Gasteiger partial charge in [-0.25, -0.2) is 4.79 Å². The summed E-state index contributed by atoms with van der Waals surface area (Å²) in [6, 6.07) is 10.9. The molecule has 6 heteroatoms. The van der Waals surface area contributed by atoms with Gasteiger partial charge >= 0.3 is 5.97 Å². The highest BCUT2D eigenvalue weighted by Gasteiger charge is 2.18. The molecule has 0 saturated heterocycles. The lowest BCUT2D eigenvalue weighted by atomic mass is 9.96. The molecule has 0 radical (unpaired) electrons. The third-order valence-electron chi connectivity index (χ3n) is 3.95. The lowest BCUT2D eigenvalue weighted by molar-refractivity contribution is -0.137. The maximum absolute atomic E-state index is 12.2. The number of esters is 1. The zero-order valence-electron chi connectivity index (χ0n) is 16.2. The van der Waals surface area contributed by atoms with E-state index in [1.807, 2.05) is 24.3 Å². The smallest absolute Gasteiger partial charge is 0.331 e. The average Bonchev–Trinajstić information content (AvgIpc) is 2.71. The Morgan fingerprint density at radius 2 is 1.44 bits per heavy atom. The van der Waals surface area contributed by atoms with Gasteiger partial charge in [0.2, 0.25) is 0 Å². The highest BCUT2D eigenvalue weighted by molar-refractivity contribution is 5.97. The monoisotopic (exact) mass is 372 g/mol. The Labute approximate surface area is 159 Å². The van der Waals surface area contributed by atoms with E-state index in [0.29, 0.717) is 34.1 Å². The second-order valence-electron chi connectivity index (χ2n) is 5.45. The average molecular weight is 372 g/mol. The van der Waals surface area contributed by atoms with E-state index in [1.54, 1.807) is 47.5 Å². The van der Waals surface area contributed by atoms with Gasteiger partial charge in [0.1, 0.15) is 11.5 Å². The normalized spacial score (nSPS) is 10.9. The Morgan fingerprint density at radius 3 is 1.96 bits per heavy atom. The molecule has 0 aromatic heterocycles. The second-order valence-corrected chi connectivity index (χ2v) is 5.45. The molecule has 0 N–H and O–H groups in total. The summed E-state index contributed by atoms with van der Waals surface area (Å²) >= 11 is 0. The molecule has 6 nitrogen and oxygen atoms in total. The lowest BCUT2D eigenvalue weighted by Gasteiger charge is -2.17. The van der Waals surface area contributed by atoms with Gasteiger partial charge in [-0.1, -0.05) is 12.1 Å². The van der Waals surface area contributed by atoms with Crippen molar-refractivity contribution in [2.75, 3.05) is 35.0 Å². The first kappa shape index (κ1) is 20.2. The van der Waals surface area contributed by atoms with Crippen LogP contribution in [0.25, 0.3) is 5.57 Å². The number of rotatable bonds is 8. The van der Waals surface area contributed by atoms with Gasteiger partial charge in [0, 0.05) is 17.7 Å². The quantitative estimate of drug-likeness (QED) is 0.520. The highest BCUT2D eigenvalue weighted by Crippen LogP contribution is 2.40. The molecule has 2 aromatic rings. The maximum Gasteiger partial charge on any atom is 0.331 e. The van der Waals surface area contributed by atoms with E-state index in [1.165, 1.54) is 6.08 Å². The molecule has 0 aliphatic heterocycles. The number of carbonyl (C=O) groups excluding carboxylic acids is 1. The van der Waals surface area contributed by atoms with Crippen molar-refractivity contribution in [3.8, 4) is 23.0 Å². The fourth-order valence-electron chi connectivity index (χ4n) is 2.63. The molecule has 0 atom stereocenters. The van der Waals surface area contributed by atoms with Crippen molar-refractivity contribution >= 4 is 11.5 Å². The van der Waals surface area contributed by atoms with E-state index in [0.717, 1.165) is 5.56 Å². The molecule has 0 fully saturated rings. The van der Waals surface area contributed by atoms with Crippen molar-refractivity contribution in [2.24, 2.45) is 0 Å². The molecule has 2 aromatic carbocycles. The van der Waals surface area contributed by atoms with Crippen molar-refractivity contribution in [2.45, 2.75) is 6.92 Å². The summed E-state index contributed by atoms with van der Waals surface area (Å²) in [4.78, 5) is 12.2. The summed E-state index contributed by atoms with van der Waals surface area (Å²) in [5.41, 5.74) is 2.11. The first-order chi connectivity index (χ1) is 13.1. The molecule has 0 unspecified atom stereocenters. The number of methoxy groups -OCH3 is 4. The minimum absolute atomic E-state index is 0.286. The molecule has 0 aliphatic carbocycles. The fourth-order valence-corrected chi connectivity index (χ4v) is 2.63. The van der Waals surface area contributed by atoms with E-state index in [9.17, 15) is 4.79 Å². The van der Waals surface area contributed by atoms with Crippen LogP contribution in [0, 0.1) is 0 Å². The second kappa shape index (κ2) is 9.52. The Kier molecular flexibility index (Phi) is 7.11. The Hall–Kier alpha value is -3.15. The van der Waals surface area contributed by atoms with Crippen LogP contribution in [0.4, 0.5) is 0 Å². The molecular weight excluding hydrogens is 348 g/mol. The van der Waals surface area contributed by atoms with Gasteiger partial charge in [0.25, 0.3) is 0 Å². The van der Waals surface area contributed by atoms with Gasteiger partial charge in [0.05, 0.1) is 35.0 Å². The van der Waals surface area contributed by atoms with Crippen LogP contribution in [0.15, 0.2) is 42.5 Å². The van der Waals surface area contributed by atoms with Crippen LogP contribution in [0.1, 0.15) is 18.1 Å². The highest BCUT2D eigenvalue weighted by atomic mass is 16.5. The predicted molar refractivity (Wildman–Crippen MR) is 103 cm³/mol. The van der Waals surface area contributed by atoms with Crippen LogP contribution in [-0.4, -0.2) is 41.0 Å². The zero-order chi connectivity index (χ0) is 19.8. The van der Waals surface area contributed by atoms with Crippen molar-refractivity contribution in [1.29, 1.82) is 0 Å². The SMILES string of the molecule is CCOC(=O)/C=C(/c1ccc(OC)cc1)c1cc(OC)c(OC)cc1OC. The molecule has 2 rings (SSSR count). The minimum Gasteiger partial charge on any atom is -0.497 e. The summed E-state index contributed by atoms with van der Waals surface area (Å²) < 4.78 is 26.6. The summed E-state index contributed by atoms with van der Waals surface area (Å²) in [7, 11) is 6.26. The van der Waals surface area contributed by atoms with Gasteiger partial charge in [-0.05, 0) is 36.3 Å². The van der Waals surface area contributed by atoms with Gasteiger partial charge in [-0.15, -0.1) is 0 Å². The van der Waals surface area contributed by atoms with Crippen molar-refractivity contribution in [3.05, 3.63) is 53.6 Å². The first-order valence-electron chi connectivity index (χ1n) is 8.41. The number of hydrogen-bond donors (Lipinski definition) is 0. The molecule has 0 bridgehead atoms. The summed E-state index contributed by atoms with van der Waals surface area (Å²) in [5.74, 6) is 1.87. The number of hydrogen-bond acceptors (Lipinski definition) is 6. The van der Waals surface area contributed by atoms with Gasteiger partial charge < -0.3 is 23.7 Å². The number of ether oxygens (including phenoxy) is 5. The lowest BCUT2D eigenvalue weighted by Crippen LogP contribution is -2.03. The Balaban J connectivity index is 2.67. The van der Waals surface area contributed by atoms with Gasteiger partial charge in [-0.3, -0.25) is 0 Å². The Morgan fingerprint density at radius 1 is 0.852 bits per heavy atom. The first-order valence-corrected chi connectivity index (χ1v) is 8.41. The van der Waals surface area contributed by atoms with E-state index in [-0.39, 0.29) is 6.61 Å². The third kappa shape index (κ3) is 4.73. The van der Waals surface area contributed by atoms with Crippen LogP contribution in [0.5, 0.6) is 23.0 Å². The molecule has 0 spiro atoms. The number of benzene rings is 2. The maximum atomic E-state index is 12.2. The van der Waals surface area contributed by atoms with E-state index in [2.05, 4.69) is 0 Å². The Bertz CT molecular complexity index is 808. The molecular formula is C21H24O6. The van der Waals surface area contributed by atoms with Crippen molar-refractivity contribution in [3.63, 3.8) is 0 Å². The largest absolute Gasteiger partial charge is 0.497 e. The van der Waals surface area contributed by atoms with E-state index in [4.69, 9.17) is 23.7 Å². The molecule has 0 heterocycles. The third-order valence-corrected chi connectivity index (χ3v) is 3.95. The predicted octanol–water partition coefficient (Wildman–Crippen LogP) is 3.72. The van der Waals surface area contributed by atoms with Crippen LogP contribution in [0.3, 0.4) is 0 Å². The summed E-state index contributed by atoms with van der Waals surface area (Å²) in [5, 5.41) is 0. The van der Waals surface area contributed by atoms with Crippen LogP contribution in [-0.2, 0) is 9.53 Å². The minimum atomic E-state index is -0.444. The van der Waals surface area contributed by atoms with Crippen molar-refractivity contribution in [1.82, 2.24) is 0 Å². The van der Waals surface area contributed by atoms with Crippen LogP contribution in [0.2, 0.25) is 0 Å². The van der Waals surface area contributed by atoms with Crippen LogP contribution >= 0.6 is 0 Å². The molecule has 27 heavy (non-hydrogen) atoms. The van der Waals surface area contributed by atoms with Crippen LogP contribution < -0.4 is 18.9 Å². The fraction of sp³-hybridized carbons (Fsp3) is 0.286. The van der Waals surface area contributed by atoms with E-state index >= 15 is 0 Å². The molecule has 0 amide bonds. The topological polar surface area (TPSA) is 63.2 Å². The van der Waals surface area contributed by atoms with Gasteiger partial charge in [-0.2, -0.15) is 0 Å². The van der Waals surface area contributed by atoms with Gasteiger partial charge in [0.15, 0.2) is 11.5 Å². The standard InChI is InChI=1S/C21H24O6/c1-6-27-21(22)12-16(14-7-9-15(23-2)10-8-14)17-11-19(25-4)20(26-5)13-18(17)24-3/h7-13H,6H2,1-5H3/b16-12-.